The molecular formula is C22H18N3O4-. The standard InChI is InChI=1S/C22H19N3O4/c1-2-29-18-9-7-17(8-10-18)24-22(28)15(12-23)11-16-13-25(14-21(26)27)20-6-4-3-5-19(16)20/h3-11,13H,2,14H2,1H3,(H,24,28)(H,26,27)/p-1/b15-11-. The lowest BCUT2D eigenvalue weighted by molar-refractivity contribution is -0.306. The number of nitrogens with zero attached hydrogens (tertiary/aromatic N) is 2. The van der Waals surface area contributed by atoms with Crippen molar-refractivity contribution < 1.29 is 19.4 Å². The number of hydrogen-bond acceptors (Lipinski definition) is 5. The molecule has 0 spiro atoms. The maximum atomic E-state index is 12.5. The molecule has 0 atom stereocenters. The summed E-state index contributed by atoms with van der Waals surface area (Å²) in [5.74, 6) is -1.11. The third-order valence-electron chi connectivity index (χ3n) is 4.21. The van der Waals surface area contributed by atoms with Crippen LogP contribution in [0.2, 0.25) is 0 Å². The Hall–Kier alpha value is -4.05. The molecule has 3 rings (SSSR count). The number of carbonyl (C=O) groups excluding carboxylic acids is 2. The van der Waals surface area contributed by atoms with E-state index < -0.39 is 11.9 Å². The van der Waals surface area contributed by atoms with Crippen molar-refractivity contribution in [2.45, 2.75) is 13.5 Å². The molecule has 7 nitrogen and oxygen atoms in total. The molecule has 0 fully saturated rings. The number of carboxylic acids is 1. The van der Waals surface area contributed by atoms with Crippen LogP contribution in [0.25, 0.3) is 17.0 Å². The quantitative estimate of drug-likeness (QED) is 0.494. The van der Waals surface area contributed by atoms with E-state index in [2.05, 4.69) is 5.32 Å². The van der Waals surface area contributed by atoms with Crippen molar-refractivity contribution in [1.82, 2.24) is 4.57 Å². The minimum absolute atomic E-state index is 0.102. The first-order valence-electron chi connectivity index (χ1n) is 8.95. The Morgan fingerprint density at radius 1 is 1.21 bits per heavy atom. The summed E-state index contributed by atoms with van der Waals surface area (Å²) < 4.78 is 6.87. The topological polar surface area (TPSA) is 107 Å². The van der Waals surface area contributed by atoms with Crippen LogP contribution in [0.5, 0.6) is 5.75 Å². The van der Waals surface area contributed by atoms with Crippen molar-refractivity contribution in [3.05, 3.63) is 65.9 Å². The first kappa shape index (κ1) is 19.7. The fraction of sp³-hybridized carbons (Fsp3) is 0.136. The zero-order valence-electron chi connectivity index (χ0n) is 15.7. The predicted octanol–water partition coefficient (Wildman–Crippen LogP) is 2.34. The SMILES string of the molecule is CCOc1ccc(NC(=O)/C(C#N)=C\c2cn(CC(=O)[O-])c3ccccc23)cc1. The molecule has 2 aromatic carbocycles. The van der Waals surface area contributed by atoms with Gasteiger partial charge in [0.1, 0.15) is 17.4 Å². The summed E-state index contributed by atoms with van der Waals surface area (Å²) in [5, 5.41) is 23.9. The lowest BCUT2D eigenvalue weighted by Gasteiger charge is -2.06. The number of anilines is 1. The van der Waals surface area contributed by atoms with Gasteiger partial charge in [0.05, 0.1) is 19.1 Å². The van der Waals surface area contributed by atoms with E-state index in [1.54, 1.807) is 54.7 Å². The Morgan fingerprint density at radius 2 is 1.93 bits per heavy atom. The average Bonchev–Trinajstić information content (AvgIpc) is 3.04. The molecule has 0 bridgehead atoms. The Morgan fingerprint density at radius 3 is 2.59 bits per heavy atom. The second kappa shape index (κ2) is 8.76. The van der Waals surface area contributed by atoms with Gasteiger partial charge in [-0.15, -0.1) is 0 Å². The number of carbonyl (C=O) groups is 2. The van der Waals surface area contributed by atoms with Gasteiger partial charge in [-0.05, 0) is 43.3 Å². The number of ether oxygens (including phenoxy) is 1. The highest BCUT2D eigenvalue weighted by molar-refractivity contribution is 6.10. The Labute approximate surface area is 167 Å². The van der Waals surface area contributed by atoms with Gasteiger partial charge in [0.25, 0.3) is 5.91 Å². The molecule has 1 N–H and O–H groups in total. The van der Waals surface area contributed by atoms with E-state index in [1.165, 1.54) is 10.6 Å². The summed E-state index contributed by atoms with van der Waals surface area (Å²) in [6.07, 6.45) is 3.03. The van der Waals surface area contributed by atoms with Gasteiger partial charge < -0.3 is 24.5 Å². The molecule has 1 amide bonds. The van der Waals surface area contributed by atoms with Crippen LogP contribution >= 0.6 is 0 Å². The lowest BCUT2D eigenvalue weighted by atomic mass is 10.1. The molecule has 1 aromatic heterocycles. The van der Waals surface area contributed by atoms with Crippen LogP contribution in [0, 0.1) is 11.3 Å². The number of aliphatic carboxylic acids is 1. The number of aromatic nitrogens is 1. The third-order valence-corrected chi connectivity index (χ3v) is 4.21. The van der Waals surface area contributed by atoms with Crippen LogP contribution in [0.3, 0.4) is 0 Å². The third kappa shape index (κ3) is 4.62. The molecule has 0 saturated heterocycles. The molecular weight excluding hydrogens is 370 g/mol. The number of hydrogen-bond donors (Lipinski definition) is 1. The summed E-state index contributed by atoms with van der Waals surface area (Å²) in [7, 11) is 0. The van der Waals surface area contributed by atoms with Gasteiger partial charge in [-0.2, -0.15) is 5.26 Å². The molecule has 0 aliphatic carbocycles. The maximum absolute atomic E-state index is 12.5. The van der Waals surface area contributed by atoms with Gasteiger partial charge in [-0.25, -0.2) is 0 Å². The highest BCUT2D eigenvalue weighted by atomic mass is 16.5. The largest absolute Gasteiger partial charge is 0.548 e. The van der Waals surface area contributed by atoms with E-state index in [0.717, 1.165) is 5.39 Å². The number of amides is 1. The van der Waals surface area contributed by atoms with Crippen LogP contribution in [-0.2, 0) is 16.1 Å². The molecule has 0 saturated carbocycles. The van der Waals surface area contributed by atoms with Gasteiger partial charge in [-0.1, -0.05) is 18.2 Å². The minimum atomic E-state index is -1.23. The Bertz CT molecular complexity index is 1120. The van der Waals surface area contributed by atoms with Crippen molar-refractivity contribution in [2.24, 2.45) is 0 Å². The summed E-state index contributed by atoms with van der Waals surface area (Å²) in [6, 6.07) is 15.9. The number of rotatable bonds is 7. The summed E-state index contributed by atoms with van der Waals surface area (Å²) in [6.45, 7) is 2.09. The van der Waals surface area contributed by atoms with Crippen molar-refractivity contribution in [2.75, 3.05) is 11.9 Å². The second-order valence-corrected chi connectivity index (χ2v) is 6.18. The maximum Gasteiger partial charge on any atom is 0.266 e. The van der Waals surface area contributed by atoms with Crippen LogP contribution in [0.1, 0.15) is 12.5 Å². The van der Waals surface area contributed by atoms with Gasteiger partial charge in [0.15, 0.2) is 0 Å². The Balaban J connectivity index is 1.88. The number of fused-ring (bicyclic) bond motifs is 1. The van der Waals surface area contributed by atoms with Crippen molar-refractivity contribution in [3.63, 3.8) is 0 Å². The van der Waals surface area contributed by atoms with E-state index in [-0.39, 0.29) is 12.1 Å². The van der Waals surface area contributed by atoms with Crippen LogP contribution < -0.4 is 15.2 Å². The highest BCUT2D eigenvalue weighted by Crippen LogP contribution is 2.24. The molecule has 146 valence electrons. The predicted molar refractivity (Wildman–Crippen MR) is 107 cm³/mol. The molecule has 1 heterocycles. The van der Waals surface area contributed by atoms with Gasteiger partial charge in [0, 0.05) is 28.4 Å². The fourth-order valence-corrected chi connectivity index (χ4v) is 2.96. The lowest BCUT2D eigenvalue weighted by Crippen LogP contribution is -2.27. The smallest absolute Gasteiger partial charge is 0.266 e. The van der Waals surface area contributed by atoms with Gasteiger partial charge >= 0.3 is 0 Å². The molecule has 29 heavy (non-hydrogen) atoms. The van der Waals surface area contributed by atoms with E-state index in [0.29, 0.717) is 29.1 Å². The number of benzene rings is 2. The number of para-hydroxylation sites is 1. The zero-order valence-corrected chi connectivity index (χ0v) is 15.7. The second-order valence-electron chi connectivity index (χ2n) is 6.18. The highest BCUT2D eigenvalue weighted by Gasteiger charge is 2.13. The van der Waals surface area contributed by atoms with Crippen molar-refractivity contribution in [3.8, 4) is 11.8 Å². The monoisotopic (exact) mass is 388 g/mol. The molecule has 0 aliphatic rings. The molecule has 3 aromatic rings. The molecule has 0 radical (unpaired) electrons. The van der Waals surface area contributed by atoms with E-state index in [1.807, 2.05) is 13.0 Å². The van der Waals surface area contributed by atoms with E-state index >= 15 is 0 Å². The van der Waals surface area contributed by atoms with E-state index in [4.69, 9.17) is 4.74 Å². The van der Waals surface area contributed by atoms with Crippen molar-refractivity contribution >= 4 is 34.5 Å². The number of nitrogens with one attached hydrogen (secondary N) is 1. The zero-order chi connectivity index (χ0) is 20.8. The van der Waals surface area contributed by atoms with Crippen molar-refractivity contribution in [1.29, 1.82) is 5.26 Å². The van der Waals surface area contributed by atoms with Crippen LogP contribution in [0.4, 0.5) is 5.69 Å². The van der Waals surface area contributed by atoms with Gasteiger partial charge in [-0.3, -0.25) is 4.79 Å². The number of nitriles is 1. The van der Waals surface area contributed by atoms with E-state index in [9.17, 15) is 20.0 Å². The summed E-state index contributed by atoms with van der Waals surface area (Å²) >= 11 is 0. The van der Waals surface area contributed by atoms with Gasteiger partial charge in [0.2, 0.25) is 0 Å². The van der Waals surface area contributed by atoms with Crippen LogP contribution in [0.15, 0.2) is 60.3 Å². The number of carboxylic acid groups (broad SMARTS) is 1. The molecule has 0 aliphatic heterocycles. The first-order valence-corrected chi connectivity index (χ1v) is 8.95. The Kier molecular flexibility index (Phi) is 5.95. The minimum Gasteiger partial charge on any atom is -0.548 e. The average molecular weight is 388 g/mol. The fourth-order valence-electron chi connectivity index (χ4n) is 2.96. The summed E-state index contributed by atoms with van der Waals surface area (Å²) in [5.41, 5.74) is 1.67. The normalized spacial score (nSPS) is 11.1. The molecule has 7 heteroatoms. The van der Waals surface area contributed by atoms with Crippen LogP contribution in [-0.4, -0.2) is 23.1 Å². The molecule has 0 unspecified atom stereocenters. The first-order chi connectivity index (χ1) is 14.0. The summed E-state index contributed by atoms with van der Waals surface area (Å²) in [4.78, 5) is 23.5.